The molecule has 0 aliphatic carbocycles. The van der Waals surface area contributed by atoms with Gasteiger partial charge in [0.25, 0.3) is 0 Å². The van der Waals surface area contributed by atoms with Crippen LogP contribution in [0.4, 0.5) is 0 Å². The minimum Gasteiger partial charge on any atom is -0.394 e. The molecule has 14 heterocycles. The second kappa shape index (κ2) is 14.1. The molecule has 14 aliphatic heterocycles. The van der Waals surface area contributed by atoms with Crippen LogP contribution in [0.25, 0.3) is 0 Å². The molecular formula is C24H40O20. The first-order valence-electron chi connectivity index (χ1n) is 14.1. The second-order valence-electron chi connectivity index (χ2n) is 11.2. The summed E-state index contributed by atoms with van der Waals surface area (Å²) in [6.07, 6.45) is -35.3. The molecule has 0 aromatic carbocycles. The van der Waals surface area contributed by atoms with Gasteiger partial charge in [-0.3, -0.25) is 0 Å². The van der Waals surface area contributed by atoms with Crippen LogP contribution in [0.1, 0.15) is 0 Å². The molecule has 0 aromatic heterocycles. The molecule has 20 atom stereocenters. The van der Waals surface area contributed by atoms with Crippen LogP contribution in [-0.4, -0.2) is 211 Å². The van der Waals surface area contributed by atoms with E-state index in [1.807, 2.05) is 0 Å². The zero-order valence-corrected chi connectivity index (χ0v) is 23.0. The Bertz CT molecular complexity index is 780. The van der Waals surface area contributed by atoms with Gasteiger partial charge in [0.15, 0.2) is 25.2 Å². The molecule has 14 aliphatic rings. The largest absolute Gasteiger partial charge is 0.394 e. The van der Waals surface area contributed by atoms with Gasteiger partial charge in [-0.25, -0.2) is 0 Å². The number of hydrogen-bond acceptors (Lipinski definition) is 20. The highest BCUT2D eigenvalue weighted by Crippen LogP contribution is 2.36. The van der Waals surface area contributed by atoms with E-state index in [1.165, 1.54) is 0 Å². The molecule has 20 heteroatoms. The molecule has 14 fully saturated rings. The third-order valence-corrected chi connectivity index (χ3v) is 8.45. The van der Waals surface area contributed by atoms with E-state index < -0.39 is 149 Å². The summed E-state index contributed by atoms with van der Waals surface area (Å²) in [4.78, 5) is 0. The minimum absolute atomic E-state index is 0.854. The molecule has 8 bridgehead atoms. The fourth-order valence-corrected chi connectivity index (χ4v) is 5.95. The summed E-state index contributed by atoms with van der Waals surface area (Å²) in [5.74, 6) is 0. The van der Waals surface area contributed by atoms with E-state index in [0.29, 0.717) is 0 Å². The van der Waals surface area contributed by atoms with E-state index in [1.54, 1.807) is 0 Å². The number of ether oxygens (including phenoxy) is 8. The van der Waals surface area contributed by atoms with Crippen molar-refractivity contribution >= 4 is 0 Å². The highest BCUT2D eigenvalue weighted by molar-refractivity contribution is 4.99. The zero-order valence-electron chi connectivity index (χ0n) is 23.0. The van der Waals surface area contributed by atoms with Crippen molar-refractivity contribution in [1.82, 2.24) is 0 Å². The normalized spacial score (nSPS) is 55.4. The second-order valence-corrected chi connectivity index (χ2v) is 11.2. The van der Waals surface area contributed by atoms with E-state index in [4.69, 9.17) is 37.9 Å². The maximum atomic E-state index is 10.9. The summed E-state index contributed by atoms with van der Waals surface area (Å²) in [7, 11) is 0. The lowest BCUT2D eigenvalue weighted by Crippen LogP contribution is -2.69. The average molecular weight is 649 g/mol. The summed E-state index contributed by atoms with van der Waals surface area (Å²) in [6.45, 7) is -3.42. The smallest absolute Gasteiger partial charge is 0.187 e. The van der Waals surface area contributed by atoms with E-state index in [2.05, 4.69) is 0 Å². The van der Waals surface area contributed by atoms with Crippen LogP contribution in [0, 0.1) is 0 Å². The average Bonchev–Trinajstić information content (AvgIpc) is 3.02. The van der Waals surface area contributed by atoms with Gasteiger partial charge in [-0.1, -0.05) is 0 Å². The van der Waals surface area contributed by atoms with Gasteiger partial charge >= 0.3 is 0 Å². The van der Waals surface area contributed by atoms with Crippen LogP contribution in [0.3, 0.4) is 0 Å². The Morgan fingerprint density at radius 2 is 0.455 bits per heavy atom. The van der Waals surface area contributed by atoms with Gasteiger partial charge < -0.3 is 99.2 Å². The first kappa shape index (κ1) is 34.5. The van der Waals surface area contributed by atoms with Gasteiger partial charge in [0, 0.05) is 0 Å². The SMILES string of the molecule is OC[C@H]1O[C@@H]2O[C@H]3[C@H](O)[C@@H](O)[C@@H](O[C@H]4[C@H](O)[C@@H](O)[C@@H](O[C@H]5[C@H](O)[C@@H](O)[C@@H](O[C@H]1[C@H](O)[C@H]2O)O[C@@H]5CO)O[C@@H]4CO)O[C@@H]3CO. The maximum Gasteiger partial charge on any atom is 0.187 e. The first-order valence-corrected chi connectivity index (χ1v) is 14.1. The fourth-order valence-electron chi connectivity index (χ4n) is 5.95. The molecule has 20 nitrogen and oxygen atoms in total. The molecule has 0 aromatic rings. The Balaban J connectivity index is 1.51. The summed E-state index contributed by atoms with van der Waals surface area (Å²) < 4.78 is 44.7. The molecule has 0 amide bonds. The van der Waals surface area contributed by atoms with E-state index in [-0.39, 0.29) is 0 Å². The third kappa shape index (κ3) is 6.25. The van der Waals surface area contributed by atoms with Crippen molar-refractivity contribution in [2.24, 2.45) is 0 Å². The van der Waals surface area contributed by atoms with Crippen molar-refractivity contribution in [1.29, 1.82) is 0 Å². The van der Waals surface area contributed by atoms with Crippen LogP contribution >= 0.6 is 0 Å². The van der Waals surface area contributed by atoms with E-state index in [9.17, 15) is 61.3 Å². The summed E-state index contributed by atoms with van der Waals surface area (Å²) in [5.41, 5.74) is 0. The highest BCUT2D eigenvalue weighted by atomic mass is 16.8. The van der Waals surface area contributed by atoms with Crippen molar-refractivity contribution in [3.63, 3.8) is 0 Å². The van der Waals surface area contributed by atoms with E-state index in [0.717, 1.165) is 0 Å². The number of aliphatic hydroxyl groups excluding tert-OH is 12. The van der Waals surface area contributed by atoms with Crippen LogP contribution in [0.5, 0.6) is 0 Å². The molecule has 14 saturated heterocycles. The van der Waals surface area contributed by atoms with Crippen LogP contribution in [0.2, 0.25) is 0 Å². The Hall–Kier alpha value is -0.800. The van der Waals surface area contributed by atoms with Gasteiger partial charge in [-0.15, -0.1) is 0 Å². The van der Waals surface area contributed by atoms with Gasteiger partial charge in [0.2, 0.25) is 0 Å². The number of aliphatic hydroxyl groups is 12. The molecule has 256 valence electrons. The lowest BCUT2D eigenvalue weighted by atomic mass is 9.94. The first-order chi connectivity index (χ1) is 20.9. The van der Waals surface area contributed by atoms with Crippen molar-refractivity contribution in [3.8, 4) is 0 Å². The van der Waals surface area contributed by atoms with Crippen LogP contribution in [0.15, 0.2) is 0 Å². The highest BCUT2D eigenvalue weighted by Gasteiger charge is 2.56. The molecule has 0 saturated carbocycles. The monoisotopic (exact) mass is 648 g/mol. The van der Waals surface area contributed by atoms with Crippen molar-refractivity contribution < 1.29 is 99.2 Å². The summed E-state index contributed by atoms with van der Waals surface area (Å²) in [6, 6.07) is 0. The van der Waals surface area contributed by atoms with Gasteiger partial charge in [0.05, 0.1) is 26.4 Å². The molecule has 44 heavy (non-hydrogen) atoms. The standard InChI is InChI=1S/C24H40O20/c25-1-5-17-9(29)13(33)21(37-5)42-18-6(2-26)39-23(15(35)11(18)31)44-20-8(4-28)40-24(16(36)12(20)32)43-19-7(3-27)38-22(41-17)14(34)10(19)30/h5-36H,1-4H2/t5-,6-,7-,8-,9-,10-,11-,12-,13-,14-,15-,16-,17-,18-,19-,20-,21-,22-,23-,24-/m1/s1. The van der Waals surface area contributed by atoms with Crippen molar-refractivity contribution in [2.75, 3.05) is 26.4 Å². The Morgan fingerprint density at radius 1 is 0.273 bits per heavy atom. The minimum atomic E-state index is -1.96. The number of hydrogen-bond donors (Lipinski definition) is 12. The predicted molar refractivity (Wildman–Crippen MR) is 131 cm³/mol. The molecule has 0 spiro atoms. The summed E-state index contributed by atoms with van der Waals surface area (Å²) in [5, 5.41) is 127. The van der Waals surface area contributed by atoms with Crippen molar-refractivity contribution in [2.45, 2.75) is 123 Å². The topological polar surface area (TPSA) is 317 Å². The molecule has 0 unspecified atom stereocenters. The van der Waals surface area contributed by atoms with Crippen LogP contribution < -0.4 is 0 Å². The third-order valence-electron chi connectivity index (χ3n) is 8.45. The molecule has 0 radical (unpaired) electrons. The predicted octanol–water partition coefficient (Wildman–Crippen LogP) is -8.70. The van der Waals surface area contributed by atoms with E-state index >= 15 is 0 Å². The Kier molecular flexibility index (Phi) is 11.1. The summed E-state index contributed by atoms with van der Waals surface area (Å²) >= 11 is 0. The Morgan fingerprint density at radius 3 is 0.614 bits per heavy atom. The van der Waals surface area contributed by atoms with Crippen molar-refractivity contribution in [3.05, 3.63) is 0 Å². The lowest BCUT2D eigenvalue weighted by molar-refractivity contribution is -0.404. The van der Waals surface area contributed by atoms with Gasteiger partial charge in [-0.2, -0.15) is 0 Å². The Labute approximate surface area is 249 Å². The number of rotatable bonds is 4. The fraction of sp³-hybridized carbons (Fsp3) is 1.00. The molecule has 14 rings (SSSR count). The molecule has 12 N–H and O–H groups in total. The van der Waals surface area contributed by atoms with Gasteiger partial charge in [0.1, 0.15) is 97.7 Å². The van der Waals surface area contributed by atoms with Crippen LogP contribution in [-0.2, 0) is 37.9 Å². The molecular weight excluding hydrogens is 608 g/mol. The van der Waals surface area contributed by atoms with Gasteiger partial charge in [-0.05, 0) is 0 Å². The maximum absolute atomic E-state index is 10.9. The quantitative estimate of drug-likeness (QED) is 0.135. The zero-order chi connectivity index (χ0) is 32.0. The lowest BCUT2D eigenvalue weighted by Gasteiger charge is -2.50.